The average molecular weight is 384 g/mol. The maximum atomic E-state index is 13.8. The maximum Gasteiger partial charge on any atom is 0.159 e. The molecule has 0 spiro atoms. The number of rotatable bonds is 4. The molecule has 4 rings (SSSR count). The Bertz CT molecular complexity index is 966. The Morgan fingerprint density at radius 1 is 1.11 bits per heavy atom. The molecule has 3 aromatic rings. The molecule has 5 nitrogen and oxygen atoms in total. The van der Waals surface area contributed by atoms with Crippen LogP contribution in [0.1, 0.15) is 12.8 Å². The summed E-state index contributed by atoms with van der Waals surface area (Å²) in [5.74, 6) is -1.81. The molecule has 1 aliphatic heterocycles. The van der Waals surface area contributed by atoms with Crippen LogP contribution in [0.2, 0.25) is 0 Å². The van der Waals surface area contributed by atoms with Crippen LogP contribution in [0.3, 0.4) is 0 Å². The molecule has 1 aromatic carbocycles. The third kappa shape index (κ3) is 3.68. The number of halogens is 2. The Balaban J connectivity index is 1.77. The van der Waals surface area contributed by atoms with Gasteiger partial charge in [0.2, 0.25) is 0 Å². The number of piperidine rings is 1. The van der Waals surface area contributed by atoms with Crippen LogP contribution in [0.5, 0.6) is 0 Å². The second-order valence-electron chi connectivity index (χ2n) is 7.47. The Labute approximate surface area is 162 Å². The normalized spacial score (nSPS) is 17.0. The number of hydrogen-bond acceptors (Lipinski definition) is 4. The van der Waals surface area contributed by atoms with Gasteiger partial charge in [0.05, 0.1) is 29.9 Å². The third-order valence-electron chi connectivity index (χ3n) is 5.35. The molecule has 0 bridgehead atoms. The third-order valence-corrected chi connectivity index (χ3v) is 5.35. The van der Waals surface area contributed by atoms with Crippen LogP contribution in [0.25, 0.3) is 22.5 Å². The molecule has 0 amide bonds. The number of nitrogens with zero attached hydrogens (tertiary/aromatic N) is 4. The molecule has 0 radical (unpaired) electrons. The van der Waals surface area contributed by atoms with Crippen molar-refractivity contribution in [1.82, 2.24) is 19.4 Å². The van der Waals surface area contributed by atoms with E-state index in [1.54, 1.807) is 18.7 Å². The summed E-state index contributed by atoms with van der Waals surface area (Å²) in [6.07, 6.45) is 6.35. The van der Waals surface area contributed by atoms with Gasteiger partial charge in [-0.1, -0.05) is 0 Å². The molecule has 0 aliphatic carbocycles. The quantitative estimate of drug-likeness (QED) is 0.750. The van der Waals surface area contributed by atoms with Crippen molar-refractivity contribution in [2.75, 3.05) is 20.1 Å². The van der Waals surface area contributed by atoms with Gasteiger partial charge in [-0.25, -0.2) is 13.8 Å². The summed E-state index contributed by atoms with van der Waals surface area (Å²) in [4.78, 5) is 10.8. The lowest BCUT2D eigenvalue weighted by molar-refractivity contribution is -0.0287. The lowest BCUT2D eigenvalue weighted by atomic mass is 9.91. The monoisotopic (exact) mass is 384 g/mol. The highest BCUT2D eigenvalue weighted by Gasteiger charge is 2.32. The molecule has 2 aromatic heterocycles. The zero-order valence-corrected chi connectivity index (χ0v) is 15.6. The van der Waals surface area contributed by atoms with Gasteiger partial charge in [-0.05, 0) is 50.2 Å². The number of benzene rings is 1. The number of hydrogen-bond donors (Lipinski definition) is 1. The molecule has 28 heavy (non-hydrogen) atoms. The van der Waals surface area contributed by atoms with Gasteiger partial charge in [-0.3, -0.25) is 4.98 Å². The molecule has 3 heterocycles. The number of likely N-dealkylation sites (tertiary alicyclic amines) is 1. The summed E-state index contributed by atoms with van der Waals surface area (Å²) < 4.78 is 29.1. The Morgan fingerprint density at radius 3 is 2.57 bits per heavy atom. The van der Waals surface area contributed by atoms with E-state index in [-0.39, 0.29) is 0 Å². The van der Waals surface area contributed by atoms with Crippen molar-refractivity contribution < 1.29 is 13.9 Å². The van der Waals surface area contributed by atoms with Crippen LogP contribution >= 0.6 is 0 Å². The van der Waals surface area contributed by atoms with E-state index in [2.05, 4.69) is 14.9 Å². The lowest BCUT2D eigenvalue weighted by Crippen LogP contribution is -2.45. The van der Waals surface area contributed by atoms with Gasteiger partial charge in [-0.15, -0.1) is 0 Å². The van der Waals surface area contributed by atoms with Crippen LogP contribution in [0.4, 0.5) is 8.78 Å². The summed E-state index contributed by atoms with van der Waals surface area (Å²) in [6.45, 7) is 2.02. The molecule has 1 aliphatic rings. The van der Waals surface area contributed by atoms with Crippen molar-refractivity contribution in [2.24, 2.45) is 0 Å². The van der Waals surface area contributed by atoms with E-state index in [1.807, 2.05) is 23.7 Å². The van der Waals surface area contributed by atoms with Gasteiger partial charge in [0, 0.05) is 36.6 Å². The summed E-state index contributed by atoms with van der Waals surface area (Å²) >= 11 is 0. The first-order valence-corrected chi connectivity index (χ1v) is 9.27. The summed E-state index contributed by atoms with van der Waals surface area (Å²) in [7, 11) is 2.04. The fourth-order valence-corrected chi connectivity index (χ4v) is 3.67. The average Bonchev–Trinajstić information content (AvgIpc) is 3.10. The van der Waals surface area contributed by atoms with Crippen molar-refractivity contribution in [3.8, 4) is 22.5 Å². The molecular weight excluding hydrogens is 362 g/mol. The van der Waals surface area contributed by atoms with Gasteiger partial charge in [0.1, 0.15) is 0 Å². The van der Waals surface area contributed by atoms with Crippen molar-refractivity contribution in [1.29, 1.82) is 0 Å². The first-order valence-electron chi connectivity index (χ1n) is 9.27. The SMILES string of the molecule is CN1CCC(O)(Cn2cnc(-c3ccc(F)c(F)c3)c2-c2cccnc2)CC1. The van der Waals surface area contributed by atoms with E-state index in [9.17, 15) is 13.9 Å². The van der Waals surface area contributed by atoms with Crippen LogP contribution in [-0.4, -0.2) is 50.3 Å². The lowest BCUT2D eigenvalue weighted by Gasteiger charge is -2.37. The zero-order chi connectivity index (χ0) is 19.7. The van der Waals surface area contributed by atoms with E-state index in [4.69, 9.17) is 0 Å². The highest BCUT2D eigenvalue weighted by Crippen LogP contribution is 2.34. The predicted octanol–water partition coefficient (Wildman–Crippen LogP) is 3.35. The van der Waals surface area contributed by atoms with Gasteiger partial charge in [0.15, 0.2) is 11.6 Å². The van der Waals surface area contributed by atoms with E-state index in [0.29, 0.717) is 30.6 Å². The largest absolute Gasteiger partial charge is 0.388 e. The molecule has 0 saturated carbocycles. The van der Waals surface area contributed by atoms with E-state index >= 15 is 0 Å². The second kappa shape index (κ2) is 7.41. The molecular formula is C21H22F2N4O. The van der Waals surface area contributed by atoms with Crippen LogP contribution in [0.15, 0.2) is 49.1 Å². The van der Waals surface area contributed by atoms with Crippen molar-refractivity contribution in [3.63, 3.8) is 0 Å². The minimum atomic E-state index is -0.918. The second-order valence-corrected chi connectivity index (χ2v) is 7.47. The number of imidazole rings is 1. The first kappa shape index (κ1) is 18.7. The maximum absolute atomic E-state index is 13.8. The van der Waals surface area contributed by atoms with Gasteiger partial charge >= 0.3 is 0 Å². The van der Waals surface area contributed by atoms with Crippen molar-refractivity contribution >= 4 is 0 Å². The smallest absolute Gasteiger partial charge is 0.159 e. The van der Waals surface area contributed by atoms with Crippen molar-refractivity contribution in [2.45, 2.75) is 25.0 Å². The molecule has 0 atom stereocenters. The van der Waals surface area contributed by atoms with Gasteiger partial charge in [0.25, 0.3) is 0 Å². The standard InChI is InChI=1S/C21H22F2N4O/c1-26-9-6-21(28,7-10-26)13-27-14-25-19(15-4-5-17(22)18(23)11-15)20(27)16-3-2-8-24-12-16/h2-5,8,11-12,14,28H,6-7,9-10,13H2,1H3. The minimum Gasteiger partial charge on any atom is -0.388 e. The minimum absolute atomic E-state index is 0.377. The molecule has 1 saturated heterocycles. The fourth-order valence-electron chi connectivity index (χ4n) is 3.67. The summed E-state index contributed by atoms with van der Waals surface area (Å²) in [5.41, 5.74) is 1.70. The zero-order valence-electron chi connectivity index (χ0n) is 15.6. The van der Waals surface area contributed by atoms with E-state index in [0.717, 1.165) is 36.5 Å². The summed E-state index contributed by atoms with van der Waals surface area (Å²) in [6, 6.07) is 7.46. The molecule has 0 unspecified atom stereocenters. The topological polar surface area (TPSA) is 54.2 Å². The van der Waals surface area contributed by atoms with Gasteiger partial charge < -0.3 is 14.6 Å². The van der Waals surface area contributed by atoms with Crippen LogP contribution in [-0.2, 0) is 6.54 Å². The molecule has 1 N–H and O–H groups in total. The molecule has 146 valence electrons. The van der Waals surface area contributed by atoms with Crippen LogP contribution < -0.4 is 0 Å². The number of aliphatic hydroxyl groups is 1. The van der Waals surface area contributed by atoms with Crippen LogP contribution in [0, 0.1) is 11.6 Å². The fraction of sp³-hybridized carbons (Fsp3) is 0.333. The summed E-state index contributed by atoms with van der Waals surface area (Å²) in [5, 5.41) is 11.1. The number of aromatic nitrogens is 3. The Morgan fingerprint density at radius 2 is 1.89 bits per heavy atom. The van der Waals surface area contributed by atoms with E-state index < -0.39 is 17.2 Å². The highest BCUT2D eigenvalue weighted by atomic mass is 19.2. The first-order chi connectivity index (χ1) is 13.5. The highest BCUT2D eigenvalue weighted by molar-refractivity contribution is 5.78. The number of pyridine rings is 1. The van der Waals surface area contributed by atoms with E-state index in [1.165, 1.54) is 6.07 Å². The molecule has 1 fully saturated rings. The van der Waals surface area contributed by atoms with Gasteiger partial charge in [-0.2, -0.15) is 0 Å². The molecule has 7 heteroatoms. The Hall–Kier alpha value is -2.64. The van der Waals surface area contributed by atoms with Crippen molar-refractivity contribution in [3.05, 3.63) is 60.7 Å². The predicted molar refractivity (Wildman–Crippen MR) is 102 cm³/mol. The Kier molecular flexibility index (Phi) is 4.95.